The number of rotatable bonds is 5. The van der Waals surface area contributed by atoms with Gasteiger partial charge in [-0.1, -0.05) is 31.9 Å². The maximum Gasteiger partial charge on any atom is 0.347 e. The van der Waals surface area contributed by atoms with Gasteiger partial charge in [-0.05, 0) is 18.6 Å². The summed E-state index contributed by atoms with van der Waals surface area (Å²) in [5.74, 6) is -0.787. The van der Waals surface area contributed by atoms with Gasteiger partial charge in [0.15, 0.2) is 0 Å². The molecule has 0 fully saturated rings. The molecular formula is C14H20N2O2. The van der Waals surface area contributed by atoms with Crippen molar-refractivity contribution in [1.29, 1.82) is 0 Å². The van der Waals surface area contributed by atoms with Crippen molar-refractivity contribution in [1.82, 2.24) is 0 Å². The Morgan fingerprint density at radius 2 is 1.94 bits per heavy atom. The second kappa shape index (κ2) is 5.29. The highest BCUT2D eigenvalue weighted by molar-refractivity contribution is 5.90. The van der Waals surface area contributed by atoms with Gasteiger partial charge in [-0.3, -0.25) is 0 Å². The molecule has 0 aromatic heterocycles. The van der Waals surface area contributed by atoms with Crippen molar-refractivity contribution >= 4 is 17.3 Å². The fourth-order valence-corrected chi connectivity index (χ4v) is 2.55. The van der Waals surface area contributed by atoms with Gasteiger partial charge < -0.3 is 14.9 Å². The number of anilines is 2. The molecule has 18 heavy (non-hydrogen) atoms. The Labute approximate surface area is 108 Å². The molecule has 98 valence electrons. The molecule has 0 radical (unpaired) electrons. The van der Waals surface area contributed by atoms with E-state index in [0.29, 0.717) is 0 Å². The number of hydrogen-bond acceptors (Lipinski definition) is 3. The Morgan fingerprint density at radius 3 is 2.56 bits per heavy atom. The maximum absolute atomic E-state index is 11.4. The summed E-state index contributed by atoms with van der Waals surface area (Å²) >= 11 is 0. The molecule has 0 bridgehead atoms. The van der Waals surface area contributed by atoms with Gasteiger partial charge in [0.25, 0.3) is 0 Å². The van der Waals surface area contributed by atoms with E-state index in [4.69, 9.17) is 0 Å². The molecule has 4 heteroatoms. The number of aliphatic carboxylic acids is 1. The fourth-order valence-electron chi connectivity index (χ4n) is 2.55. The molecule has 0 saturated carbocycles. The van der Waals surface area contributed by atoms with Gasteiger partial charge in [0.05, 0.1) is 11.4 Å². The first-order valence-electron chi connectivity index (χ1n) is 6.48. The predicted molar refractivity (Wildman–Crippen MR) is 73.1 cm³/mol. The number of para-hydroxylation sites is 2. The fraction of sp³-hybridized carbons (Fsp3) is 0.500. The standard InChI is InChI=1S/C14H20N2O2/c1-3-4-7-10-16-12-9-6-5-8-11(12)15(2)13(16)14(17)18/h5-6,8-9,13H,3-4,7,10H2,1-2H3,(H,17,18). The van der Waals surface area contributed by atoms with Crippen LogP contribution in [-0.4, -0.2) is 30.8 Å². The van der Waals surface area contributed by atoms with Crippen molar-refractivity contribution in [3.8, 4) is 0 Å². The molecular weight excluding hydrogens is 228 g/mol. The molecule has 2 rings (SSSR count). The molecule has 1 aliphatic heterocycles. The third-order valence-corrected chi connectivity index (χ3v) is 3.46. The minimum Gasteiger partial charge on any atom is -0.478 e. The first kappa shape index (κ1) is 12.7. The highest BCUT2D eigenvalue weighted by Crippen LogP contribution is 2.38. The van der Waals surface area contributed by atoms with E-state index >= 15 is 0 Å². The second-order valence-electron chi connectivity index (χ2n) is 4.71. The van der Waals surface area contributed by atoms with Crippen LogP contribution in [0.3, 0.4) is 0 Å². The van der Waals surface area contributed by atoms with Gasteiger partial charge in [-0.15, -0.1) is 0 Å². The zero-order valence-electron chi connectivity index (χ0n) is 11.0. The van der Waals surface area contributed by atoms with E-state index < -0.39 is 12.1 Å². The molecule has 1 N–H and O–H groups in total. The summed E-state index contributed by atoms with van der Waals surface area (Å²) in [6.45, 7) is 2.95. The summed E-state index contributed by atoms with van der Waals surface area (Å²) in [6.07, 6.45) is 2.74. The van der Waals surface area contributed by atoms with E-state index in [1.54, 1.807) is 0 Å². The van der Waals surface area contributed by atoms with E-state index in [1.807, 2.05) is 41.1 Å². The van der Waals surface area contributed by atoms with Crippen LogP contribution in [0.5, 0.6) is 0 Å². The highest BCUT2D eigenvalue weighted by Gasteiger charge is 2.37. The average Bonchev–Trinajstić information content (AvgIpc) is 2.64. The lowest BCUT2D eigenvalue weighted by Gasteiger charge is -2.27. The number of hydrogen-bond donors (Lipinski definition) is 1. The number of likely N-dealkylation sites (N-methyl/N-ethyl adjacent to an activating group) is 1. The van der Waals surface area contributed by atoms with Crippen molar-refractivity contribution in [3.63, 3.8) is 0 Å². The van der Waals surface area contributed by atoms with Crippen LogP contribution in [0.25, 0.3) is 0 Å². The van der Waals surface area contributed by atoms with Crippen molar-refractivity contribution in [3.05, 3.63) is 24.3 Å². The number of carbonyl (C=O) groups is 1. The largest absolute Gasteiger partial charge is 0.478 e. The Hall–Kier alpha value is -1.71. The van der Waals surface area contributed by atoms with Crippen molar-refractivity contribution in [2.45, 2.75) is 32.4 Å². The molecule has 0 aliphatic carbocycles. The van der Waals surface area contributed by atoms with E-state index in [-0.39, 0.29) is 0 Å². The topological polar surface area (TPSA) is 43.8 Å². The number of benzene rings is 1. The molecule has 1 atom stereocenters. The lowest BCUT2D eigenvalue weighted by molar-refractivity contribution is -0.138. The van der Waals surface area contributed by atoms with Gasteiger partial charge in [0, 0.05) is 13.6 Å². The maximum atomic E-state index is 11.4. The number of carboxylic acids is 1. The van der Waals surface area contributed by atoms with Crippen molar-refractivity contribution < 1.29 is 9.90 Å². The lowest BCUT2D eigenvalue weighted by Crippen LogP contribution is -2.47. The van der Waals surface area contributed by atoms with Gasteiger partial charge in [-0.25, -0.2) is 4.79 Å². The van der Waals surface area contributed by atoms with Gasteiger partial charge >= 0.3 is 5.97 Å². The molecule has 0 saturated heterocycles. The Bertz CT molecular complexity index is 434. The summed E-state index contributed by atoms with van der Waals surface area (Å²) in [7, 11) is 1.84. The molecule has 1 aromatic rings. The molecule has 1 heterocycles. The summed E-state index contributed by atoms with van der Waals surface area (Å²) < 4.78 is 0. The minimum atomic E-state index is -0.787. The first-order chi connectivity index (χ1) is 8.66. The van der Waals surface area contributed by atoms with Crippen LogP contribution in [0.4, 0.5) is 11.4 Å². The Morgan fingerprint density at radius 1 is 1.28 bits per heavy atom. The first-order valence-corrected chi connectivity index (χ1v) is 6.48. The molecule has 1 unspecified atom stereocenters. The number of unbranched alkanes of at least 4 members (excludes halogenated alkanes) is 2. The third-order valence-electron chi connectivity index (χ3n) is 3.46. The van der Waals surface area contributed by atoms with E-state index in [0.717, 1.165) is 37.2 Å². The quantitative estimate of drug-likeness (QED) is 0.813. The zero-order chi connectivity index (χ0) is 13.1. The summed E-state index contributed by atoms with van der Waals surface area (Å²) in [5, 5.41) is 9.40. The summed E-state index contributed by atoms with van der Waals surface area (Å²) in [6, 6.07) is 7.89. The summed E-state index contributed by atoms with van der Waals surface area (Å²) in [4.78, 5) is 15.3. The van der Waals surface area contributed by atoms with Crippen LogP contribution in [0, 0.1) is 0 Å². The smallest absolute Gasteiger partial charge is 0.347 e. The Balaban J connectivity index is 2.25. The molecule has 1 aliphatic rings. The monoisotopic (exact) mass is 248 g/mol. The van der Waals surface area contributed by atoms with Crippen LogP contribution in [0.15, 0.2) is 24.3 Å². The second-order valence-corrected chi connectivity index (χ2v) is 4.71. The zero-order valence-corrected chi connectivity index (χ0v) is 11.0. The normalized spacial score (nSPS) is 18.0. The van der Waals surface area contributed by atoms with Crippen LogP contribution in [0.1, 0.15) is 26.2 Å². The van der Waals surface area contributed by atoms with Crippen molar-refractivity contribution in [2.75, 3.05) is 23.4 Å². The predicted octanol–water partition coefficient (Wildman–Crippen LogP) is 2.54. The van der Waals surface area contributed by atoms with E-state index in [2.05, 4.69) is 6.92 Å². The van der Waals surface area contributed by atoms with Crippen LogP contribution >= 0.6 is 0 Å². The van der Waals surface area contributed by atoms with Crippen LogP contribution in [0.2, 0.25) is 0 Å². The van der Waals surface area contributed by atoms with Crippen molar-refractivity contribution in [2.24, 2.45) is 0 Å². The van der Waals surface area contributed by atoms with Crippen LogP contribution in [-0.2, 0) is 4.79 Å². The lowest BCUT2D eigenvalue weighted by atomic mass is 10.2. The van der Waals surface area contributed by atoms with Crippen LogP contribution < -0.4 is 9.80 Å². The number of fused-ring (bicyclic) bond motifs is 1. The SMILES string of the molecule is CCCCCN1c2ccccc2N(C)C1C(=O)O. The average molecular weight is 248 g/mol. The molecule has 4 nitrogen and oxygen atoms in total. The number of carboxylic acid groups (broad SMARTS) is 1. The highest BCUT2D eigenvalue weighted by atomic mass is 16.4. The van der Waals surface area contributed by atoms with E-state index in [1.165, 1.54) is 0 Å². The molecule has 0 spiro atoms. The third kappa shape index (κ3) is 2.15. The Kier molecular flexibility index (Phi) is 3.75. The minimum absolute atomic E-state index is 0.570. The van der Waals surface area contributed by atoms with Gasteiger partial charge in [-0.2, -0.15) is 0 Å². The van der Waals surface area contributed by atoms with Gasteiger partial charge in [0.2, 0.25) is 6.17 Å². The number of nitrogens with zero attached hydrogens (tertiary/aromatic N) is 2. The summed E-state index contributed by atoms with van der Waals surface area (Å²) in [5.41, 5.74) is 2.03. The van der Waals surface area contributed by atoms with Gasteiger partial charge in [0.1, 0.15) is 0 Å². The molecule has 1 aromatic carbocycles. The van der Waals surface area contributed by atoms with E-state index in [9.17, 15) is 9.90 Å². The molecule has 0 amide bonds.